The van der Waals surface area contributed by atoms with Crippen molar-refractivity contribution in [2.45, 2.75) is 15.4 Å². The molecule has 35 heavy (non-hydrogen) atoms. The van der Waals surface area contributed by atoms with Crippen LogP contribution in [0.15, 0.2) is 108 Å². The number of hydrogen-bond donors (Lipinski definition) is 1. The number of aromatic nitrogens is 3. The number of aromatic amines is 1. The fourth-order valence-corrected chi connectivity index (χ4v) is 6.47. The lowest BCUT2D eigenvalue weighted by atomic mass is 10.2. The summed E-state index contributed by atoms with van der Waals surface area (Å²) in [5, 5.41) is 0.952. The molecule has 3 nitrogen and oxygen atoms in total. The van der Waals surface area contributed by atoms with E-state index in [0.717, 1.165) is 36.1 Å². The Morgan fingerprint density at radius 1 is 0.800 bits per heavy atom. The summed E-state index contributed by atoms with van der Waals surface area (Å²) in [6.07, 6.45) is 1.83. The van der Waals surface area contributed by atoms with Gasteiger partial charge in [-0.25, -0.2) is 4.98 Å². The van der Waals surface area contributed by atoms with Crippen molar-refractivity contribution in [3.8, 4) is 0 Å². The van der Waals surface area contributed by atoms with Crippen LogP contribution >= 0.6 is 62.6 Å². The normalized spacial score (nSPS) is 10.3. The molecular formula is C27H22BrN3S4. The number of nitrogens with one attached hydrogen (secondary N) is 1. The van der Waals surface area contributed by atoms with Crippen molar-refractivity contribution < 1.29 is 0 Å². The first-order valence-electron chi connectivity index (χ1n) is 10.8. The molecule has 0 fully saturated rings. The summed E-state index contributed by atoms with van der Waals surface area (Å²) in [6, 6.07) is 32.6. The van der Waals surface area contributed by atoms with E-state index in [9.17, 15) is 0 Å². The number of pyridine rings is 1. The second-order valence-corrected chi connectivity index (χ2v) is 11.7. The molecular weight excluding hydrogens is 574 g/mol. The molecule has 0 atom stereocenters. The lowest BCUT2D eigenvalue weighted by molar-refractivity contribution is 1.17. The van der Waals surface area contributed by atoms with Gasteiger partial charge in [0.25, 0.3) is 0 Å². The van der Waals surface area contributed by atoms with Crippen LogP contribution in [-0.2, 0) is 11.1 Å². The summed E-state index contributed by atoms with van der Waals surface area (Å²) in [5.74, 6) is 0.876. The van der Waals surface area contributed by atoms with Gasteiger partial charge in [0.1, 0.15) is 0 Å². The smallest absolute Gasteiger partial charge is 0.159 e. The van der Waals surface area contributed by atoms with Gasteiger partial charge in [-0.3, -0.25) is 4.98 Å². The number of H-pyrrole nitrogens is 1. The van der Waals surface area contributed by atoms with Gasteiger partial charge < -0.3 is 4.98 Å². The highest BCUT2D eigenvalue weighted by atomic mass is 79.9. The molecule has 0 bridgehead atoms. The highest BCUT2D eigenvalue weighted by Crippen LogP contribution is 2.30. The molecule has 3 aromatic carbocycles. The van der Waals surface area contributed by atoms with Crippen molar-refractivity contribution in [1.29, 1.82) is 0 Å². The van der Waals surface area contributed by atoms with Crippen molar-refractivity contribution in [1.82, 2.24) is 15.0 Å². The Kier molecular flexibility index (Phi) is 10.0. The Morgan fingerprint density at radius 3 is 2.20 bits per heavy atom. The molecule has 8 heteroatoms. The number of para-hydroxylation sites is 2. The fraction of sp³-hybridized carbons (Fsp3) is 0.0741. The third-order valence-corrected chi connectivity index (χ3v) is 8.74. The first-order chi connectivity index (χ1) is 17.2. The Labute approximate surface area is 230 Å². The average Bonchev–Trinajstić information content (AvgIpc) is 3.51. The SMILES string of the molecule is BrCc1ccccc1.S=c1[nH]c2ccccc2s1.c1ccc(CSc2nc3ccccc3s2)nc1. The van der Waals surface area contributed by atoms with E-state index < -0.39 is 0 Å². The van der Waals surface area contributed by atoms with Gasteiger partial charge in [-0.2, -0.15) is 0 Å². The number of fused-ring (bicyclic) bond motifs is 2. The molecule has 1 N–H and O–H groups in total. The zero-order chi connectivity index (χ0) is 24.3. The number of alkyl halides is 1. The predicted molar refractivity (Wildman–Crippen MR) is 160 cm³/mol. The Bertz CT molecular complexity index is 1440. The minimum absolute atomic E-state index is 0.848. The Morgan fingerprint density at radius 2 is 1.51 bits per heavy atom. The summed E-state index contributed by atoms with van der Waals surface area (Å²) < 4.78 is 4.43. The van der Waals surface area contributed by atoms with Crippen LogP contribution in [0.5, 0.6) is 0 Å². The van der Waals surface area contributed by atoms with Gasteiger partial charge in [0, 0.05) is 17.3 Å². The minimum atomic E-state index is 0.848. The molecule has 0 amide bonds. The summed E-state index contributed by atoms with van der Waals surface area (Å²) in [6.45, 7) is 0. The van der Waals surface area contributed by atoms with Gasteiger partial charge in [0.2, 0.25) is 0 Å². The lowest BCUT2D eigenvalue weighted by Crippen LogP contribution is -1.83. The summed E-state index contributed by atoms with van der Waals surface area (Å²) in [4.78, 5) is 12.0. The zero-order valence-electron chi connectivity index (χ0n) is 18.6. The minimum Gasteiger partial charge on any atom is -0.337 e. The molecule has 6 rings (SSSR count). The second-order valence-electron chi connectivity index (χ2n) is 7.19. The van der Waals surface area contributed by atoms with E-state index in [0.29, 0.717) is 0 Å². The topological polar surface area (TPSA) is 41.6 Å². The van der Waals surface area contributed by atoms with E-state index >= 15 is 0 Å². The van der Waals surface area contributed by atoms with Crippen molar-refractivity contribution >= 4 is 83.0 Å². The number of benzene rings is 3. The van der Waals surface area contributed by atoms with Crippen LogP contribution in [0.4, 0.5) is 0 Å². The van der Waals surface area contributed by atoms with E-state index in [1.165, 1.54) is 15.0 Å². The zero-order valence-corrected chi connectivity index (χ0v) is 23.5. The number of hydrogen-bond acceptors (Lipinski definition) is 6. The highest BCUT2D eigenvalue weighted by molar-refractivity contribution is 9.08. The average molecular weight is 597 g/mol. The molecule has 0 spiro atoms. The number of thiazole rings is 2. The van der Waals surface area contributed by atoms with Crippen molar-refractivity contribution in [2.75, 3.05) is 0 Å². The first kappa shape index (κ1) is 25.7. The van der Waals surface area contributed by atoms with Gasteiger partial charge in [0.15, 0.2) is 8.29 Å². The maximum absolute atomic E-state index is 4.98. The maximum Gasteiger partial charge on any atom is 0.159 e. The molecule has 176 valence electrons. The monoisotopic (exact) mass is 595 g/mol. The van der Waals surface area contributed by atoms with Crippen molar-refractivity contribution in [3.63, 3.8) is 0 Å². The number of rotatable bonds is 4. The highest BCUT2D eigenvalue weighted by Gasteiger charge is 2.04. The molecule has 0 aliphatic rings. The fourth-order valence-electron chi connectivity index (χ4n) is 2.99. The van der Waals surface area contributed by atoms with Gasteiger partial charge in [0.05, 0.1) is 26.1 Å². The molecule has 0 saturated heterocycles. The van der Waals surface area contributed by atoms with Crippen molar-refractivity contribution in [3.05, 3.63) is 118 Å². The Balaban J connectivity index is 0.000000136. The van der Waals surface area contributed by atoms with Crippen LogP contribution in [-0.4, -0.2) is 15.0 Å². The quantitative estimate of drug-likeness (QED) is 0.125. The molecule has 3 aromatic heterocycles. The van der Waals surface area contributed by atoms with E-state index in [-0.39, 0.29) is 0 Å². The molecule has 0 radical (unpaired) electrons. The van der Waals surface area contributed by atoms with Gasteiger partial charge >= 0.3 is 0 Å². The van der Waals surface area contributed by atoms with Gasteiger partial charge in [-0.15, -0.1) is 22.7 Å². The molecule has 6 aromatic rings. The first-order valence-corrected chi connectivity index (χ1v) is 14.9. The van der Waals surface area contributed by atoms with Crippen molar-refractivity contribution in [2.24, 2.45) is 0 Å². The van der Waals surface area contributed by atoms with E-state index in [4.69, 9.17) is 12.2 Å². The van der Waals surface area contributed by atoms with Crippen LogP contribution in [0.2, 0.25) is 0 Å². The number of halogens is 1. The molecule has 3 heterocycles. The third-order valence-electron chi connectivity index (χ3n) is 4.67. The number of nitrogens with zero attached hydrogens (tertiary/aromatic N) is 2. The molecule has 0 unspecified atom stereocenters. The summed E-state index contributed by atoms with van der Waals surface area (Å²) >= 11 is 13.4. The lowest BCUT2D eigenvalue weighted by Gasteiger charge is -1.96. The molecule has 0 aliphatic carbocycles. The largest absolute Gasteiger partial charge is 0.337 e. The van der Waals surface area contributed by atoms with Crippen LogP contribution in [0.1, 0.15) is 11.3 Å². The maximum atomic E-state index is 4.98. The van der Waals surface area contributed by atoms with Crippen LogP contribution in [0.3, 0.4) is 0 Å². The standard InChI is InChI=1S/C13H10N2S2.C7H7Br.C7H5NS2/c1-2-7-12-11(6-1)15-13(17-12)16-9-10-5-3-4-8-14-10;8-6-7-4-2-1-3-5-7;9-7-8-5-3-1-2-4-6(5)10-7/h1-8H,9H2;1-5H,6H2;1-4H,(H,8,9). The van der Waals surface area contributed by atoms with Gasteiger partial charge in [-0.05, 0) is 54.2 Å². The number of thioether (sulfide) groups is 1. The summed E-state index contributed by atoms with van der Waals surface area (Å²) in [7, 11) is 0. The molecule has 0 saturated carbocycles. The Hall–Kier alpha value is -2.36. The van der Waals surface area contributed by atoms with E-state index in [1.807, 2.05) is 72.9 Å². The van der Waals surface area contributed by atoms with Crippen LogP contribution in [0.25, 0.3) is 20.4 Å². The van der Waals surface area contributed by atoms with Crippen LogP contribution in [0, 0.1) is 3.95 Å². The van der Waals surface area contributed by atoms with Gasteiger partial charge in [-0.1, -0.05) is 88.4 Å². The van der Waals surface area contributed by atoms with E-state index in [1.54, 1.807) is 34.4 Å². The third kappa shape index (κ3) is 8.08. The molecule has 0 aliphatic heterocycles. The second kappa shape index (κ2) is 13.7. The summed E-state index contributed by atoms with van der Waals surface area (Å²) in [5.41, 5.74) is 4.64. The van der Waals surface area contributed by atoms with Crippen LogP contribution < -0.4 is 0 Å². The predicted octanol–water partition coefficient (Wildman–Crippen LogP) is 9.52. The van der Waals surface area contributed by atoms with E-state index in [2.05, 4.69) is 61.2 Å².